The summed E-state index contributed by atoms with van der Waals surface area (Å²) in [6.45, 7) is 6.20. The molecule has 0 bridgehead atoms. The number of halogens is 2. The van der Waals surface area contributed by atoms with Crippen molar-refractivity contribution in [2.45, 2.75) is 45.2 Å². The van der Waals surface area contributed by atoms with Gasteiger partial charge in [-0.15, -0.1) is 34.2 Å². The van der Waals surface area contributed by atoms with Gasteiger partial charge in [0.15, 0.2) is 11.8 Å². The number of piperazine rings is 1. The molecule has 1 aliphatic carbocycles. The van der Waals surface area contributed by atoms with E-state index >= 15 is 0 Å². The topological polar surface area (TPSA) is 61.6 Å². The van der Waals surface area contributed by atoms with Gasteiger partial charge in [0.1, 0.15) is 12.4 Å². The summed E-state index contributed by atoms with van der Waals surface area (Å²) in [6, 6.07) is 8.61. The number of aromatic nitrogens is 3. The predicted octanol–water partition coefficient (Wildman–Crippen LogP) is 3.61. The minimum atomic E-state index is 0. The van der Waals surface area contributed by atoms with Crippen molar-refractivity contribution >= 4 is 47.2 Å². The number of aryl methyl sites for hydroxylation is 1. The van der Waals surface area contributed by atoms with Crippen LogP contribution in [0.25, 0.3) is 0 Å². The maximum atomic E-state index is 6.40. The normalized spacial score (nSPS) is 17.9. The lowest BCUT2D eigenvalue weighted by Gasteiger charge is -2.38. The molecule has 4 rings (SSSR count). The van der Waals surface area contributed by atoms with E-state index in [9.17, 15) is 0 Å². The summed E-state index contributed by atoms with van der Waals surface area (Å²) >= 11 is 6.40. The third-order valence-electron chi connectivity index (χ3n) is 6.01. The number of nitrogens with zero attached hydrogens (tertiary/aromatic N) is 6. The van der Waals surface area contributed by atoms with E-state index < -0.39 is 0 Å². The lowest BCUT2D eigenvalue weighted by Crippen LogP contribution is -2.54. The first-order chi connectivity index (χ1) is 14.1. The van der Waals surface area contributed by atoms with Gasteiger partial charge in [-0.25, -0.2) is 4.99 Å². The summed E-state index contributed by atoms with van der Waals surface area (Å²) < 4.78 is 2.01. The molecule has 0 amide bonds. The summed E-state index contributed by atoms with van der Waals surface area (Å²) in [7, 11) is 1.99. The monoisotopic (exact) mass is 543 g/mol. The largest absolute Gasteiger partial charge is 0.367 e. The number of para-hydroxylation sites is 1. The first kappa shape index (κ1) is 23.1. The Morgan fingerprint density at radius 1 is 1.13 bits per heavy atom. The number of hydrogen-bond donors (Lipinski definition) is 1. The number of benzene rings is 1. The van der Waals surface area contributed by atoms with Crippen LogP contribution in [0, 0.1) is 6.92 Å². The molecule has 2 aromatic rings. The van der Waals surface area contributed by atoms with E-state index in [0.717, 1.165) is 54.5 Å². The van der Waals surface area contributed by atoms with Crippen LogP contribution in [0.5, 0.6) is 0 Å². The smallest absolute Gasteiger partial charge is 0.194 e. The average molecular weight is 544 g/mol. The van der Waals surface area contributed by atoms with Gasteiger partial charge in [0.25, 0.3) is 0 Å². The molecule has 164 valence electrons. The summed E-state index contributed by atoms with van der Waals surface area (Å²) in [4.78, 5) is 9.66. The molecule has 1 N–H and O–H groups in total. The van der Waals surface area contributed by atoms with Crippen molar-refractivity contribution in [2.75, 3.05) is 31.1 Å². The Morgan fingerprint density at radius 3 is 2.47 bits per heavy atom. The molecular weight excluding hydrogens is 513 g/mol. The number of anilines is 1. The highest BCUT2D eigenvalue weighted by Crippen LogP contribution is 2.26. The van der Waals surface area contributed by atoms with E-state index in [4.69, 9.17) is 16.6 Å². The third kappa shape index (κ3) is 5.38. The van der Waals surface area contributed by atoms with Gasteiger partial charge in [0.2, 0.25) is 0 Å². The molecule has 7 nitrogen and oxygen atoms in total. The molecule has 9 heteroatoms. The van der Waals surface area contributed by atoms with Gasteiger partial charge < -0.3 is 19.7 Å². The van der Waals surface area contributed by atoms with Crippen molar-refractivity contribution in [2.24, 2.45) is 12.0 Å². The van der Waals surface area contributed by atoms with Crippen molar-refractivity contribution in [3.63, 3.8) is 0 Å². The third-order valence-corrected chi connectivity index (χ3v) is 6.33. The SMILES string of the molecule is Cc1nnc(CN=C(NC2CCCC2)N2CCN(c3ccccc3Cl)CC2)n1C.I. The van der Waals surface area contributed by atoms with Gasteiger partial charge in [-0.05, 0) is 31.9 Å². The van der Waals surface area contributed by atoms with E-state index in [-0.39, 0.29) is 24.0 Å². The van der Waals surface area contributed by atoms with Crippen molar-refractivity contribution in [3.05, 3.63) is 40.9 Å². The molecule has 2 heterocycles. The lowest BCUT2D eigenvalue weighted by molar-refractivity contribution is 0.365. The average Bonchev–Trinajstić information content (AvgIpc) is 3.36. The minimum absolute atomic E-state index is 0. The number of hydrogen-bond acceptors (Lipinski definition) is 4. The second-order valence-corrected chi connectivity index (χ2v) is 8.32. The highest BCUT2D eigenvalue weighted by Gasteiger charge is 2.24. The molecule has 30 heavy (non-hydrogen) atoms. The molecule has 2 aliphatic rings. The molecule has 0 radical (unpaired) electrons. The molecule has 1 aromatic heterocycles. The molecule has 2 fully saturated rings. The summed E-state index contributed by atoms with van der Waals surface area (Å²) in [6.07, 6.45) is 5.05. The van der Waals surface area contributed by atoms with E-state index in [1.165, 1.54) is 25.7 Å². The molecule has 0 spiro atoms. The zero-order valence-electron chi connectivity index (χ0n) is 17.7. The minimum Gasteiger partial charge on any atom is -0.367 e. The van der Waals surface area contributed by atoms with E-state index in [0.29, 0.717) is 12.6 Å². The number of aliphatic imine (C=N–C) groups is 1. The molecule has 0 unspecified atom stereocenters. The van der Waals surface area contributed by atoms with Crippen LogP contribution in [0.4, 0.5) is 5.69 Å². The Bertz CT molecular complexity index is 855. The van der Waals surface area contributed by atoms with Crippen molar-refractivity contribution in [3.8, 4) is 0 Å². The molecule has 1 aromatic carbocycles. The first-order valence-corrected chi connectivity index (χ1v) is 10.9. The highest BCUT2D eigenvalue weighted by molar-refractivity contribution is 14.0. The van der Waals surface area contributed by atoms with Gasteiger partial charge in [0, 0.05) is 39.3 Å². The first-order valence-electron chi connectivity index (χ1n) is 10.5. The standard InChI is InChI=1S/C21H30ClN7.HI/c1-16-25-26-20(27(16)2)15-23-21(24-17-7-3-4-8-17)29-13-11-28(12-14-29)19-10-6-5-9-18(19)22;/h5-6,9-10,17H,3-4,7-8,11-15H2,1-2H3,(H,23,24);1H. The van der Waals surface area contributed by atoms with Crippen molar-refractivity contribution in [1.82, 2.24) is 25.0 Å². The van der Waals surface area contributed by atoms with Crippen LogP contribution >= 0.6 is 35.6 Å². The quantitative estimate of drug-likeness (QED) is 0.363. The van der Waals surface area contributed by atoms with Gasteiger partial charge in [-0.3, -0.25) is 0 Å². The molecule has 0 atom stereocenters. The van der Waals surface area contributed by atoms with E-state index in [1.54, 1.807) is 0 Å². The zero-order chi connectivity index (χ0) is 20.2. The molecule has 1 saturated carbocycles. The molecular formula is C21H31ClIN7. The maximum absolute atomic E-state index is 6.40. The Kier molecular flexibility index (Phi) is 8.21. The summed E-state index contributed by atoms with van der Waals surface area (Å²) in [5, 5.41) is 13.0. The Labute approximate surface area is 200 Å². The Morgan fingerprint density at radius 2 is 1.83 bits per heavy atom. The second-order valence-electron chi connectivity index (χ2n) is 7.91. The van der Waals surface area contributed by atoms with Gasteiger partial charge in [0.05, 0.1) is 10.7 Å². The van der Waals surface area contributed by atoms with Gasteiger partial charge in [-0.2, -0.15) is 0 Å². The second kappa shape index (κ2) is 10.7. The van der Waals surface area contributed by atoms with Crippen LogP contribution in [-0.2, 0) is 13.6 Å². The van der Waals surface area contributed by atoms with Crippen molar-refractivity contribution < 1.29 is 0 Å². The number of nitrogens with one attached hydrogen (secondary N) is 1. The van der Waals surface area contributed by atoms with E-state index in [2.05, 4.69) is 31.4 Å². The van der Waals surface area contributed by atoms with Crippen LogP contribution < -0.4 is 10.2 Å². The Balaban J connectivity index is 0.00000256. The fourth-order valence-electron chi connectivity index (χ4n) is 4.09. The van der Waals surface area contributed by atoms with Crippen molar-refractivity contribution in [1.29, 1.82) is 0 Å². The Hall–Kier alpha value is -1.55. The van der Waals surface area contributed by atoms with Crippen LogP contribution in [0.15, 0.2) is 29.3 Å². The predicted molar refractivity (Wildman–Crippen MR) is 133 cm³/mol. The van der Waals surface area contributed by atoms with Crippen LogP contribution in [0.3, 0.4) is 0 Å². The van der Waals surface area contributed by atoms with Crippen LogP contribution in [0.1, 0.15) is 37.3 Å². The summed E-state index contributed by atoms with van der Waals surface area (Å²) in [5.74, 6) is 2.80. The highest BCUT2D eigenvalue weighted by atomic mass is 127. The fourth-order valence-corrected chi connectivity index (χ4v) is 4.35. The summed E-state index contributed by atoms with van der Waals surface area (Å²) in [5.41, 5.74) is 1.12. The molecule has 1 saturated heterocycles. The van der Waals surface area contributed by atoms with Gasteiger partial charge in [-0.1, -0.05) is 36.6 Å². The maximum Gasteiger partial charge on any atom is 0.194 e. The van der Waals surface area contributed by atoms with Gasteiger partial charge >= 0.3 is 0 Å². The van der Waals surface area contributed by atoms with Crippen LogP contribution in [0.2, 0.25) is 5.02 Å². The fraction of sp³-hybridized carbons (Fsp3) is 0.571. The number of guanidine groups is 1. The van der Waals surface area contributed by atoms with E-state index in [1.807, 2.05) is 36.7 Å². The zero-order valence-corrected chi connectivity index (χ0v) is 20.8. The lowest BCUT2D eigenvalue weighted by atomic mass is 10.2. The molecule has 1 aliphatic heterocycles. The van der Waals surface area contributed by atoms with Crippen LogP contribution in [-0.4, -0.2) is 57.8 Å². The number of rotatable bonds is 4.